The maximum absolute atomic E-state index is 12.0. The first-order valence-electron chi connectivity index (χ1n) is 6.36. The second kappa shape index (κ2) is 6.18. The number of ether oxygens (including phenoxy) is 1. The maximum atomic E-state index is 12.0. The third-order valence-electron chi connectivity index (χ3n) is 3.19. The second-order valence-electron chi connectivity index (χ2n) is 4.60. The highest BCUT2D eigenvalue weighted by Gasteiger charge is 2.24. The fourth-order valence-electron chi connectivity index (χ4n) is 2.04. The van der Waals surface area contributed by atoms with Crippen molar-refractivity contribution in [2.45, 2.75) is 12.8 Å². The van der Waals surface area contributed by atoms with E-state index in [0.29, 0.717) is 30.6 Å². The van der Waals surface area contributed by atoms with Crippen molar-refractivity contribution in [3.63, 3.8) is 0 Å². The number of hydrogen-bond acceptors (Lipinski definition) is 4. The number of benzene rings is 1. The Kier molecular flexibility index (Phi) is 4.34. The first-order valence-corrected chi connectivity index (χ1v) is 6.36. The Labute approximate surface area is 116 Å². The second-order valence-corrected chi connectivity index (χ2v) is 4.60. The molecule has 6 nitrogen and oxygen atoms in total. The third kappa shape index (κ3) is 3.34. The third-order valence-corrected chi connectivity index (χ3v) is 3.19. The van der Waals surface area contributed by atoms with E-state index in [-0.39, 0.29) is 17.7 Å². The zero-order chi connectivity index (χ0) is 14.5. The van der Waals surface area contributed by atoms with Crippen LogP contribution in [0.25, 0.3) is 0 Å². The molecule has 0 bridgehead atoms. The van der Waals surface area contributed by atoms with Crippen LogP contribution in [-0.2, 0) is 14.3 Å². The van der Waals surface area contributed by atoms with Gasteiger partial charge in [0.2, 0.25) is 11.8 Å². The summed E-state index contributed by atoms with van der Waals surface area (Å²) >= 11 is 0. The molecule has 2 rings (SSSR count). The van der Waals surface area contributed by atoms with Gasteiger partial charge in [0.15, 0.2) is 0 Å². The molecule has 2 N–H and O–H groups in total. The Hall–Kier alpha value is -2.37. The van der Waals surface area contributed by atoms with E-state index in [9.17, 15) is 14.4 Å². The molecule has 1 aromatic rings. The van der Waals surface area contributed by atoms with Crippen molar-refractivity contribution in [1.82, 2.24) is 5.32 Å². The standard InChI is InChI=1S/C14H16N2O4/c1-20-14(19)9-3-2-4-11(7-9)16-13(18)10-5-6-12(17)15-8-10/h2-4,7,10H,5-6,8H2,1H3,(H,15,17)(H,16,18). The molecule has 1 unspecified atom stereocenters. The van der Waals surface area contributed by atoms with E-state index in [1.54, 1.807) is 24.3 Å². The minimum atomic E-state index is -0.453. The molecule has 1 fully saturated rings. The molecule has 106 valence electrons. The molecule has 1 aliphatic rings. The lowest BCUT2D eigenvalue weighted by atomic mass is 9.98. The summed E-state index contributed by atoms with van der Waals surface area (Å²) < 4.78 is 4.63. The van der Waals surface area contributed by atoms with Crippen LogP contribution < -0.4 is 10.6 Å². The lowest BCUT2D eigenvalue weighted by molar-refractivity contribution is -0.126. The summed E-state index contributed by atoms with van der Waals surface area (Å²) in [6, 6.07) is 6.55. The van der Waals surface area contributed by atoms with Crippen molar-refractivity contribution in [2.75, 3.05) is 19.0 Å². The normalized spacial score (nSPS) is 18.1. The van der Waals surface area contributed by atoms with Crippen LogP contribution in [0.5, 0.6) is 0 Å². The number of anilines is 1. The van der Waals surface area contributed by atoms with Crippen LogP contribution >= 0.6 is 0 Å². The van der Waals surface area contributed by atoms with Gasteiger partial charge in [0.25, 0.3) is 0 Å². The average molecular weight is 276 g/mol. The van der Waals surface area contributed by atoms with Crippen LogP contribution in [-0.4, -0.2) is 31.4 Å². The molecule has 6 heteroatoms. The first-order chi connectivity index (χ1) is 9.60. The van der Waals surface area contributed by atoms with Gasteiger partial charge in [-0.15, -0.1) is 0 Å². The molecule has 1 aromatic carbocycles. The number of hydrogen-bond donors (Lipinski definition) is 2. The summed E-state index contributed by atoms with van der Waals surface area (Å²) in [5.41, 5.74) is 0.914. The number of amides is 2. The Morgan fingerprint density at radius 3 is 2.85 bits per heavy atom. The SMILES string of the molecule is COC(=O)c1cccc(NC(=O)C2CCC(=O)NC2)c1. The van der Waals surface area contributed by atoms with Gasteiger partial charge in [-0.05, 0) is 24.6 Å². The van der Waals surface area contributed by atoms with Gasteiger partial charge < -0.3 is 15.4 Å². The van der Waals surface area contributed by atoms with Crippen LogP contribution in [0.3, 0.4) is 0 Å². The predicted octanol–water partition coefficient (Wildman–Crippen LogP) is 0.938. The largest absolute Gasteiger partial charge is 0.465 e. The van der Waals surface area contributed by atoms with Gasteiger partial charge in [-0.3, -0.25) is 9.59 Å². The number of rotatable bonds is 3. The van der Waals surface area contributed by atoms with Crippen molar-refractivity contribution >= 4 is 23.5 Å². The molecule has 0 saturated carbocycles. The number of carbonyl (C=O) groups is 3. The Morgan fingerprint density at radius 1 is 1.40 bits per heavy atom. The molecule has 1 aliphatic heterocycles. The Balaban J connectivity index is 2.00. The minimum absolute atomic E-state index is 0.0262. The van der Waals surface area contributed by atoms with E-state index in [1.165, 1.54) is 7.11 Å². The van der Waals surface area contributed by atoms with E-state index in [4.69, 9.17) is 0 Å². The van der Waals surface area contributed by atoms with Crippen LogP contribution in [0.2, 0.25) is 0 Å². The van der Waals surface area contributed by atoms with Crippen molar-refractivity contribution < 1.29 is 19.1 Å². The maximum Gasteiger partial charge on any atom is 0.337 e. The average Bonchev–Trinajstić information content (AvgIpc) is 2.47. The summed E-state index contributed by atoms with van der Waals surface area (Å²) in [7, 11) is 1.30. The highest BCUT2D eigenvalue weighted by atomic mass is 16.5. The zero-order valence-electron chi connectivity index (χ0n) is 11.1. The molecule has 0 aromatic heterocycles. The molecule has 20 heavy (non-hydrogen) atoms. The number of methoxy groups -OCH3 is 1. The van der Waals surface area contributed by atoms with E-state index >= 15 is 0 Å². The van der Waals surface area contributed by atoms with Gasteiger partial charge in [-0.2, -0.15) is 0 Å². The van der Waals surface area contributed by atoms with Gasteiger partial charge in [-0.1, -0.05) is 6.07 Å². The molecule has 2 amide bonds. The fraction of sp³-hybridized carbons (Fsp3) is 0.357. The minimum Gasteiger partial charge on any atom is -0.465 e. The highest BCUT2D eigenvalue weighted by Crippen LogP contribution is 2.16. The summed E-state index contributed by atoms with van der Waals surface area (Å²) in [6.07, 6.45) is 0.897. The summed E-state index contributed by atoms with van der Waals surface area (Å²) in [5, 5.41) is 5.41. The molecule has 1 saturated heterocycles. The number of carbonyl (C=O) groups excluding carboxylic acids is 3. The molecule has 1 atom stereocenters. The van der Waals surface area contributed by atoms with Crippen LogP contribution in [0.1, 0.15) is 23.2 Å². The van der Waals surface area contributed by atoms with Gasteiger partial charge in [0.1, 0.15) is 0 Å². The van der Waals surface area contributed by atoms with Crippen LogP contribution in [0.15, 0.2) is 24.3 Å². The van der Waals surface area contributed by atoms with Gasteiger partial charge in [0, 0.05) is 18.7 Å². The number of piperidine rings is 1. The van der Waals surface area contributed by atoms with Crippen LogP contribution in [0.4, 0.5) is 5.69 Å². The quantitative estimate of drug-likeness (QED) is 0.805. The van der Waals surface area contributed by atoms with Crippen molar-refractivity contribution in [3.05, 3.63) is 29.8 Å². The van der Waals surface area contributed by atoms with E-state index < -0.39 is 5.97 Å². The predicted molar refractivity (Wildman–Crippen MR) is 72.1 cm³/mol. The van der Waals surface area contributed by atoms with E-state index in [1.807, 2.05) is 0 Å². The Morgan fingerprint density at radius 2 is 2.20 bits per heavy atom. The zero-order valence-corrected chi connectivity index (χ0v) is 11.1. The van der Waals surface area contributed by atoms with Crippen molar-refractivity contribution in [2.24, 2.45) is 5.92 Å². The summed E-state index contributed by atoms with van der Waals surface area (Å²) in [4.78, 5) is 34.5. The van der Waals surface area contributed by atoms with E-state index in [2.05, 4.69) is 15.4 Å². The molecule has 0 aliphatic carbocycles. The first kappa shape index (κ1) is 14.0. The lowest BCUT2D eigenvalue weighted by Crippen LogP contribution is -2.40. The Bertz CT molecular complexity index is 532. The molecule has 0 spiro atoms. The molecular formula is C14H16N2O4. The van der Waals surface area contributed by atoms with Gasteiger partial charge >= 0.3 is 5.97 Å². The van der Waals surface area contributed by atoms with Gasteiger partial charge in [0.05, 0.1) is 18.6 Å². The summed E-state index contributed by atoms with van der Waals surface area (Å²) in [6.45, 7) is 0.349. The van der Waals surface area contributed by atoms with E-state index in [0.717, 1.165) is 0 Å². The fourth-order valence-corrected chi connectivity index (χ4v) is 2.04. The monoisotopic (exact) mass is 276 g/mol. The number of esters is 1. The lowest BCUT2D eigenvalue weighted by Gasteiger charge is -2.21. The van der Waals surface area contributed by atoms with Gasteiger partial charge in [-0.25, -0.2) is 4.79 Å². The molecule has 0 radical (unpaired) electrons. The topological polar surface area (TPSA) is 84.5 Å². The van der Waals surface area contributed by atoms with Crippen molar-refractivity contribution in [1.29, 1.82) is 0 Å². The number of nitrogens with one attached hydrogen (secondary N) is 2. The van der Waals surface area contributed by atoms with Crippen LogP contribution in [0, 0.1) is 5.92 Å². The smallest absolute Gasteiger partial charge is 0.337 e. The summed E-state index contributed by atoms with van der Waals surface area (Å²) in [5.74, 6) is -0.880. The highest BCUT2D eigenvalue weighted by molar-refractivity contribution is 5.96. The molecular weight excluding hydrogens is 260 g/mol. The molecule has 1 heterocycles. The van der Waals surface area contributed by atoms with Crippen molar-refractivity contribution in [3.8, 4) is 0 Å².